The van der Waals surface area contributed by atoms with Crippen molar-refractivity contribution in [3.63, 3.8) is 0 Å². The first kappa shape index (κ1) is 13.1. The molecule has 0 unspecified atom stereocenters. The molecule has 0 aromatic carbocycles. The lowest BCUT2D eigenvalue weighted by molar-refractivity contribution is 0.931. The van der Waals surface area contributed by atoms with Crippen LogP contribution < -0.4 is 10.2 Å². The van der Waals surface area contributed by atoms with Crippen LogP contribution in [0.25, 0.3) is 5.65 Å². The Bertz CT molecular complexity index is 775. The molecule has 112 valence electrons. The Morgan fingerprint density at radius 1 is 1.00 bits per heavy atom. The van der Waals surface area contributed by atoms with Crippen LogP contribution in [0, 0.1) is 0 Å². The number of hydrogen-bond donors (Lipinski definition) is 1. The number of fused-ring (bicyclic) bond motifs is 1. The Balaban J connectivity index is 1.51. The lowest BCUT2D eigenvalue weighted by Crippen LogP contribution is -2.19. The molecule has 0 radical (unpaired) electrons. The predicted molar refractivity (Wildman–Crippen MR) is 86.0 cm³/mol. The monoisotopic (exact) mass is 294 g/mol. The van der Waals surface area contributed by atoms with Gasteiger partial charge >= 0.3 is 0 Å². The van der Waals surface area contributed by atoms with Crippen LogP contribution in [-0.2, 0) is 6.54 Å². The van der Waals surface area contributed by atoms with Gasteiger partial charge in [0.1, 0.15) is 5.82 Å². The second-order valence-corrected chi connectivity index (χ2v) is 5.50. The van der Waals surface area contributed by atoms with E-state index >= 15 is 0 Å². The number of rotatable bonds is 4. The molecule has 0 amide bonds. The van der Waals surface area contributed by atoms with Gasteiger partial charge < -0.3 is 14.6 Å². The zero-order valence-electron chi connectivity index (χ0n) is 12.3. The third-order valence-corrected chi connectivity index (χ3v) is 4.01. The molecule has 1 aliphatic rings. The molecule has 22 heavy (non-hydrogen) atoms. The van der Waals surface area contributed by atoms with Crippen molar-refractivity contribution in [3.8, 4) is 0 Å². The van der Waals surface area contributed by atoms with E-state index in [1.54, 1.807) is 12.4 Å². The lowest BCUT2D eigenvalue weighted by Gasteiger charge is -2.17. The first-order valence-electron chi connectivity index (χ1n) is 7.61. The van der Waals surface area contributed by atoms with Crippen molar-refractivity contribution >= 4 is 17.3 Å². The standard InChI is InChI=1S/C16H18N6/c1-2-8-21(7-1)14-11-13(3-4-17-14)12-20-15-16-19-6-10-22(16)9-5-18-15/h3-6,9-11H,1-2,7-8,12H2,(H,18,20). The number of nitrogens with zero attached hydrogens (tertiary/aromatic N) is 5. The van der Waals surface area contributed by atoms with Crippen molar-refractivity contribution in [3.05, 3.63) is 48.7 Å². The third kappa shape index (κ3) is 2.47. The quantitative estimate of drug-likeness (QED) is 0.800. The molecule has 1 fully saturated rings. The second-order valence-electron chi connectivity index (χ2n) is 5.50. The SMILES string of the molecule is c1cc(CNc2nccn3ccnc23)cc(N2CCCC2)n1. The van der Waals surface area contributed by atoms with E-state index in [0.717, 1.165) is 30.4 Å². The predicted octanol–water partition coefficient (Wildman–Crippen LogP) is 2.34. The molecule has 1 N–H and O–H groups in total. The number of aromatic nitrogens is 4. The topological polar surface area (TPSA) is 58.4 Å². The molecule has 4 rings (SSSR count). The number of pyridine rings is 1. The maximum atomic E-state index is 4.48. The van der Waals surface area contributed by atoms with Crippen molar-refractivity contribution in [2.45, 2.75) is 19.4 Å². The number of nitrogens with one attached hydrogen (secondary N) is 1. The number of hydrogen-bond acceptors (Lipinski definition) is 5. The lowest BCUT2D eigenvalue weighted by atomic mass is 10.2. The summed E-state index contributed by atoms with van der Waals surface area (Å²) >= 11 is 0. The summed E-state index contributed by atoms with van der Waals surface area (Å²) in [6.07, 6.45) is 11.8. The summed E-state index contributed by atoms with van der Waals surface area (Å²) in [4.78, 5) is 15.5. The fraction of sp³-hybridized carbons (Fsp3) is 0.312. The Labute approximate surface area is 128 Å². The average molecular weight is 294 g/mol. The van der Waals surface area contributed by atoms with Crippen LogP contribution in [0.2, 0.25) is 0 Å². The fourth-order valence-electron chi connectivity index (χ4n) is 2.85. The Morgan fingerprint density at radius 2 is 1.82 bits per heavy atom. The van der Waals surface area contributed by atoms with Crippen LogP contribution in [0.5, 0.6) is 0 Å². The largest absolute Gasteiger partial charge is 0.363 e. The minimum absolute atomic E-state index is 0.711. The van der Waals surface area contributed by atoms with Crippen LogP contribution in [0.15, 0.2) is 43.1 Å². The van der Waals surface area contributed by atoms with Gasteiger partial charge in [0, 0.05) is 50.6 Å². The summed E-state index contributed by atoms with van der Waals surface area (Å²) in [5.74, 6) is 1.87. The van der Waals surface area contributed by atoms with Crippen LogP contribution in [-0.4, -0.2) is 32.4 Å². The van der Waals surface area contributed by atoms with E-state index in [1.165, 1.54) is 18.4 Å². The van der Waals surface area contributed by atoms with E-state index in [2.05, 4.69) is 31.2 Å². The smallest absolute Gasteiger partial charge is 0.180 e. The van der Waals surface area contributed by atoms with Gasteiger partial charge in [0.05, 0.1) is 0 Å². The zero-order valence-corrected chi connectivity index (χ0v) is 12.3. The summed E-state index contributed by atoms with van der Waals surface area (Å²) in [5.41, 5.74) is 2.04. The van der Waals surface area contributed by atoms with Crippen LogP contribution >= 0.6 is 0 Å². The Hall–Kier alpha value is -2.63. The molecular formula is C16H18N6. The van der Waals surface area contributed by atoms with Crippen molar-refractivity contribution < 1.29 is 0 Å². The van der Waals surface area contributed by atoms with Crippen molar-refractivity contribution in [2.75, 3.05) is 23.3 Å². The van der Waals surface area contributed by atoms with Crippen molar-refractivity contribution in [2.24, 2.45) is 0 Å². The second kappa shape index (κ2) is 5.63. The molecule has 0 aliphatic carbocycles. The molecule has 0 bridgehead atoms. The fourth-order valence-corrected chi connectivity index (χ4v) is 2.85. The summed E-state index contributed by atoms with van der Waals surface area (Å²) in [5, 5.41) is 3.37. The van der Waals surface area contributed by atoms with Gasteiger partial charge in [0.2, 0.25) is 0 Å². The highest BCUT2D eigenvalue weighted by molar-refractivity contribution is 5.62. The molecule has 4 heterocycles. The molecule has 0 atom stereocenters. The van der Waals surface area contributed by atoms with Gasteiger partial charge in [-0.05, 0) is 30.5 Å². The van der Waals surface area contributed by atoms with E-state index in [4.69, 9.17) is 0 Å². The van der Waals surface area contributed by atoms with E-state index in [9.17, 15) is 0 Å². The molecule has 6 nitrogen and oxygen atoms in total. The minimum Gasteiger partial charge on any atom is -0.363 e. The summed E-state index contributed by atoms with van der Waals surface area (Å²) in [7, 11) is 0. The molecule has 0 saturated carbocycles. The summed E-state index contributed by atoms with van der Waals surface area (Å²) in [6.45, 7) is 2.93. The van der Waals surface area contributed by atoms with Gasteiger partial charge in [-0.3, -0.25) is 0 Å². The highest BCUT2D eigenvalue weighted by Crippen LogP contribution is 2.19. The van der Waals surface area contributed by atoms with Gasteiger partial charge in [-0.15, -0.1) is 0 Å². The highest BCUT2D eigenvalue weighted by atomic mass is 15.2. The number of anilines is 2. The van der Waals surface area contributed by atoms with E-state index in [0.29, 0.717) is 6.54 Å². The van der Waals surface area contributed by atoms with E-state index < -0.39 is 0 Å². The summed E-state index contributed by atoms with van der Waals surface area (Å²) < 4.78 is 1.96. The molecular weight excluding hydrogens is 276 g/mol. The minimum atomic E-state index is 0.711. The van der Waals surface area contributed by atoms with E-state index in [1.807, 2.05) is 29.1 Å². The van der Waals surface area contributed by atoms with Crippen molar-refractivity contribution in [1.29, 1.82) is 0 Å². The van der Waals surface area contributed by atoms with Gasteiger partial charge in [-0.25, -0.2) is 15.0 Å². The van der Waals surface area contributed by atoms with Gasteiger partial charge in [0.15, 0.2) is 11.5 Å². The molecule has 0 spiro atoms. The Kier molecular flexibility index (Phi) is 3.34. The Morgan fingerprint density at radius 3 is 2.68 bits per heavy atom. The maximum absolute atomic E-state index is 4.48. The molecule has 6 heteroatoms. The van der Waals surface area contributed by atoms with Gasteiger partial charge in [0.25, 0.3) is 0 Å². The first-order chi connectivity index (χ1) is 10.9. The van der Waals surface area contributed by atoms with Crippen molar-refractivity contribution in [1.82, 2.24) is 19.4 Å². The van der Waals surface area contributed by atoms with Gasteiger partial charge in [-0.2, -0.15) is 0 Å². The van der Waals surface area contributed by atoms with E-state index in [-0.39, 0.29) is 0 Å². The third-order valence-electron chi connectivity index (χ3n) is 4.01. The number of imidazole rings is 1. The molecule has 3 aromatic rings. The molecule has 1 saturated heterocycles. The summed E-state index contributed by atoms with van der Waals surface area (Å²) in [6, 6.07) is 4.20. The highest BCUT2D eigenvalue weighted by Gasteiger charge is 2.13. The zero-order chi connectivity index (χ0) is 14.8. The maximum Gasteiger partial charge on any atom is 0.180 e. The normalized spacial score (nSPS) is 14.6. The molecule has 3 aromatic heterocycles. The first-order valence-corrected chi connectivity index (χ1v) is 7.61. The van der Waals surface area contributed by atoms with Crippen LogP contribution in [0.1, 0.15) is 18.4 Å². The van der Waals surface area contributed by atoms with Crippen LogP contribution in [0.3, 0.4) is 0 Å². The van der Waals surface area contributed by atoms with Crippen LogP contribution in [0.4, 0.5) is 11.6 Å². The average Bonchev–Trinajstić information content (AvgIpc) is 3.24. The molecule has 1 aliphatic heterocycles. The van der Waals surface area contributed by atoms with Gasteiger partial charge in [-0.1, -0.05) is 0 Å².